The number of nitrogens with two attached hydrogens (primary N) is 2. The summed E-state index contributed by atoms with van der Waals surface area (Å²) in [7, 11) is 1.88. The van der Waals surface area contributed by atoms with Crippen LogP contribution in [-0.2, 0) is 17.8 Å². The Labute approximate surface area is 184 Å². The van der Waals surface area contributed by atoms with Gasteiger partial charge >= 0.3 is 0 Å². The number of rotatable bonds is 8. The van der Waals surface area contributed by atoms with Gasteiger partial charge in [0.15, 0.2) is 12.2 Å². The number of nitrogens with zero attached hydrogens (tertiary/aromatic N) is 1. The minimum Gasteiger partial charge on any atom is -0.370 e. The first-order valence-electron chi connectivity index (χ1n) is 9.80. The maximum Gasteiger partial charge on any atom is 0.268 e. The number of benzene rings is 2. The third-order valence-electron chi connectivity index (χ3n) is 5.16. The van der Waals surface area contributed by atoms with Gasteiger partial charge in [-0.2, -0.15) is 0 Å². The Hall–Kier alpha value is -2.72. The van der Waals surface area contributed by atoms with Crippen molar-refractivity contribution >= 4 is 29.2 Å². The number of aliphatic hydroxyl groups excluding tert-OH is 1. The van der Waals surface area contributed by atoms with Gasteiger partial charge in [0.05, 0.1) is 5.02 Å². The number of hydrogen-bond acceptors (Lipinski definition) is 5. The summed E-state index contributed by atoms with van der Waals surface area (Å²) in [4.78, 5) is 16.6. The maximum absolute atomic E-state index is 13.6. The molecule has 0 bridgehead atoms. The number of hydrogen-bond donors (Lipinski definition) is 6. The summed E-state index contributed by atoms with van der Waals surface area (Å²) in [5.74, 6) is -1.46. The molecule has 0 fully saturated rings. The molecule has 3 rings (SSSR count). The van der Waals surface area contributed by atoms with Crippen molar-refractivity contribution in [2.45, 2.75) is 25.2 Å². The average Bonchev–Trinajstić information content (AvgIpc) is 3.06. The van der Waals surface area contributed by atoms with Crippen LogP contribution in [0.1, 0.15) is 22.7 Å². The van der Waals surface area contributed by atoms with Crippen LogP contribution in [0.25, 0.3) is 0 Å². The van der Waals surface area contributed by atoms with Crippen LogP contribution in [-0.4, -0.2) is 36.8 Å². The molecule has 1 amide bonds. The third-order valence-corrected chi connectivity index (χ3v) is 5.46. The van der Waals surface area contributed by atoms with Gasteiger partial charge in [-0.05, 0) is 48.4 Å². The zero-order chi connectivity index (χ0) is 22.5. The SMILES string of the molecule is CNCc1ccc2c(c1)C[C@H](CN=C(N)N)[C@H]2NC(O)C(=O)Nc1ccc(Cl)c(F)c1. The number of nitrogens with one attached hydrogen (secondary N) is 3. The van der Waals surface area contributed by atoms with Crippen LogP contribution in [0.2, 0.25) is 5.02 Å². The Kier molecular flexibility index (Phi) is 7.45. The number of anilines is 1. The number of guanidine groups is 1. The molecule has 0 heterocycles. The molecule has 10 heteroatoms. The van der Waals surface area contributed by atoms with Crippen molar-refractivity contribution in [1.82, 2.24) is 10.6 Å². The largest absolute Gasteiger partial charge is 0.370 e. The summed E-state index contributed by atoms with van der Waals surface area (Å²) < 4.78 is 13.6. The van der Waals surface area contributed by atoms with Gasteiger partial charge in [0.1, 0.15) is 5.82 Å². The average molecular weight is 449 g/mol. The fraction of sp³-hybridized carbons (Fsp3) is 0.333. The number of fused-ring (bicyclic) bond motifs is 1. The molecule has 0 aromatic heterocycles. The summed E-state index contributed by atoms with van der Waals surface area (Å²) in [6, 6.07) is 9.59. The van der Waals surface area contributed by atoms with Crippen molar-refractivity contribution in [3.63, 3.8) is 0 Å². The van der Waals surface area contributed by atoms with Gasteiger partial charge in [-0.15, -0.1) is 0 Å². The Morgan fingerprint density at radius 2 is 2.10 bits per heavy atom. The molecule has 8 nitrogen and oxygen atoms in total. The molecule has 1 aliphatic rings. The van der Waals surface area contributed by atoms with Crippen LogP contribution in [0.4, 0.5) is 10.1 Å². The highest BCUT2D eigenvalue weighted by Gasteiger charge is 2.35. The Morgan fingerprint density at radius 1 is 1.32 bits per heavy atom. The van der Waals surface area contributed by atoms with Gasteiger partial charge in [-0.1, -0.05) is 29.8 Å². The van der Waals surface area contributed by atoms with E-state index in [1.807, 2.05) is 19.2 Å². The van der Waals surface area contributed by atoms with Crippen LogP contribution in [0.3, 0.4) is 0 Å². The van der Waals surface area contributed by atoms with E-state index in [1.165, 1.54) is 12.1 Å². The van der Waals surface area contributed by atoms with Gasteiger partial charge in [0, 0.05) is 30.7 Å². The summed E-state index contributed by atoms with van der Waals surface area (Å²) in [5.41, 5.74) is 14.4. The lowest BCUT2D eigenvalue weighted by Gasteiger charge is -2.24. The molecule has 0 radical (unpaired) electrons. The van der Waals surface area contributed by atoms with E-state index in [4.69, 9.17) is 23.1 Å². The van der Waals surface area contributed by atoms with Crippen LogP contribution in [0.5, 0.6) is 0 Å². The summed E-state index contributed by atoms with van der Waals surface area (Å²) >= 11 is 5.66. The molecule has 2 aromatic rings. The lowest BCUT2D eigenvalue weighted by Crippen LogP contribution is -2.44. The van der Waals surface area contributed by atoms with Crippen LogP contribution in [0.15, 0.2) is 41.4 Å². The number of amides is 1. The molecule has 2 aromatic carbocycles. The molecule has 3 atom stereocenters. The number of halogens is 2. The van der Waals surface area contributed by atoms with Crippen molar-refractivity contribution in [3.05, 3.63) is 63.9 Å². The fourth-order valence-electron chi connectivity index (χ4n) is 3.76. The topological polar surface area (TPSA) is 138 Å². The molecular weight excluding hydrogens is 423 g/mol. The highest BCUT2D eigenvalue weighted by atomic mass is 35.5. The molecule has 31 heavy (non-hydrogen) atoms. The molecule has 0 saturated heterocycles. The van der Waals surface area contributed by atoms with Gasteiger partial charge in [0.25, 0.3) is 5.91 Å². The van der Waals surface area contributed by atoms with E-state index < -0.39 is 18.0 Å². The second-order valence-corrected chi connectivity index (χ2v) is 7.87. The predicted octanol–water partition coefficient (Wildman–Crippen LogP) is 1.23. The minimum absolute atomic E-state index is 0.0198. The normalized spacial score (nSPS) is 18.3. The zero-order valence-corrected chi connectivity index (χ0v) is 17.8. The van der Waals surface area contributed by atoms with Crippen molar-refractivity contribution in [2.75, 3.05) is 18.9 Å². The molecule has 0 aliphatic heterocycles. The van der Waals surface area contributed by atoms with Crippen LogP contribution < -0.4 is 27.4 Å². The number of aliphatic imine (C=N–C) groups is 1. The minimum atomic E-state index is -1.53. The predicted molar refractivity (Wildman–Crippen MR) is 119 cm³/mol. The first-order chi connectivity index (χ1) is 14.8. The highest BCUT2D eigenvalue weighted by molar-refractivity contribution is 6.30. The van der Waals surface area contributed by atoms with Crippen LogP contribution in [0, 0.1) is 11.7 Å². The van der Waals surface area contributed by atoms with Crippen LogP contribution >= 0.6 is 11.6 Å². The van der Waals surface area contributed by atoms with E-state index in [2.05, 4.69) is 27.0 Å². The van der Waals surface area contributed by atoms with Crippen molar-refractivity contribution in [1.29, 1.82) is 0 Å². The monoisotopic (exact) mass is 448 g/mol. The first-order valence-corrected chi connectivity index (χ1v) is 10.2. The smallest absolute Gasteiger partial charge is 0.268 e. The van der Waals surface area contributed by atoms with Crippen molar-refractivity contribution in [2.24, 2.45) is 22.4 Å². The van der Waals surface area contributed by atoms with Crippen molar-refractivity contribution < 1.29 is 14.3 Å². The molecule has 1 aliphatic carbocycles. The quantitative estimate of drug-likeness (QED) is 0.204. The third kappa shape index (κ3) is 5.71. The Bertz CT molecular complexity index is 982. The van der Waals surface area contributed by atoms with E-state index in [1.54, 1.807) is 0 Å². The molecule has 1 unspecified atom stereocenters. The number of carbonyl (C=O) groups excluding carboxylic acids is 1. The van der Waals surface area contributed by atoms with E-state index in [0.29, 0.717) is 13.0 Å². The number of carbonyl (C=O) groups is 1. The van der Waals surface area contributed by atoms with E-state index in [9.17, 15) is 14.3 Å². The summed E-state index contributed by atoms with van der Waals surface area (Å²) in [6.07, 6.45) is -0.841. The maximum atomic E-state index is 13.6. The highest BCUT2D eigenvalue weighted by Crippen LogP contribution is 2.37. The van der Waals surface area contributed by atoms with E-state index in [0.717, 1.165) is 29.3 Å². The van der Waals surface area contributed by atoms with Gasteiger partial charge < -0.3 is 27.2 Å². The molecule has 166 valence electrons. The molecular formula is C21H26ClFN6O2. The fourth-order valence-corrected chi connectivity index (χ4v) is 3.87. The Balaban J connectivity index is 1.76. The standard InChI is InChI=1S/C21H26ClFN6O2/c1-26-9-11-2-4-15-12(6-11)7-13(10-27-21(24)25)18(15)29-20(31)19(30)28-14-3-5-16(22)17(23)8-14/h2-6,8,13,18,20,26,29,31H,7,9-10H2,1H3,(H,28,30)(H4,24,25,27)/t13-,18-,20?/m1/s1. The summed E-state index contributed by atoms with van der Waals surface area (Å²) in [6.45, 7) is 1.07. The van der Waals surface area contributed by atoms with Crippen molar-refractivity contribution in [3.8, 4) is 0 Å². The molecule has 8 N–H and O–H groups in total. The summed E-state index contributed by atoms with van der Waals surface area (Å²) in [5, 5.41) is 19.0. The second kappa shape index (κ2) is 10.1. The lowest BCUT2D eigenvalue weighted by atomic mass is 10.00. The number of aliphatic hydroxyl groups is 1. The van der Waals surface area contributed by atoms with E-state index >= 15 is 0 Å². The van der Waals surface area contributed by atoms with Gasteiger partial charge in [0.2, 0.25) is 0 Å². The first kappa shape index (κ1) is 23.0. The second-order valence-electron chi connectivity index (χ2n) is 7.46. The zero-order valence-electron chi connectivity index (χ0n) is 17.0. The Morgan fingerprint density at radius 3 is 2.77 bits per heavy atom. The van der Waals surface area contributed by atoms with E-state index in [-0.39, 0.29) is 28.6 Å². The van der Waals surface area contributed by atoms with Gasteiger partial charge in [-0.3, -0.25) is 15.1 Å². The van der Waals surface area contributed by atoms with Gasteiger partial charge in [-0.25, -0.2) is 4.39 Å². The lowest BCUT2D eigenvalue weighted by molar-refractivity contribution is -0.126. The molecule has 0 spiro atoms. The molecule has 0 saturated carbocycles.